The molecule has 4 heteroatoms. The predicted octanol–water partition coefficient (Wildman–Crippen LogP) is 0.285. The lowest BCUT2D eigenvalue weighted by atomic mass is 10.2. The summed E-state index contributed by atoms with van der Waals surface area (Å²) < 4.78 is 5.28. The van der Waals surface area contributed by atoms with Crippen molar-refractivity contribution in [3.8, 4) is 12.3 Å². The van der Waals surface area contributed by atoms with Gasteiger partial charge < -0.3 is 15.4 Å². The highest BCUT2D eigenvalue weighted by Gasteiger charge is 2.16. The Morgan fingerprint density at radius 2 is 2.44 bits per heavy atom. The molecule has 0 bridgehead atoms. The zero-order valence-electron chi connectivity index (χ0n) is 9.63. The summed E-state index contributed by atoms with van der Waals surface area (Å²) >= 11 is 0. The van der Waals surface area contributed by atoms with Crippen molar-refractivity contribution in [3.63, 3.8) is 0 Å². The summed E-state index contributed by atoms with van der Waals surface area (Å²) in [5, 5.41) is 6.13. The van der Waals surface area contributed by atoms with E-state index in [2.05, 4.69) is 16.6 Å². The van der Waals surface area contributed by atoms with Gasteiger partial charge in [0.2, 0.25) is 5.91 Å². The number of amides is 1. The number of carbonyl (C=O) groups is 1. The van der Waals surface area contributed by atoms with E-state index in [0.29, 0.717) is 19.6 Å². The van der Waals surface area contributed by atoms with Crippen LogP contribution in [-0.2, 0) is 9.53 Å². The van der Waals surface area contributed by atoms with Crippen LogP contribution in [0.4, 0.5) is 0 Å². The van der Waals surface area contributed by atoms with Crippen LogP contribution in [0.5, 0.6) is 0 Å². The van der Waals surface area contributed by atoms with Crippen molar-refractivity contribution in [3.05, 3.63) is 0 Å². The van der Waals surface area contributed by atoms with Crippen LogP contribution in [0.15, 0.2) is 0 Å². The Kier molecular flexibility index (Phi) is 6.62. The van der Waals surface area contributed by atoms with Crippen molar-refractivity contribution in [2.45, 2.75) is 31.7 Å². The highest BCUT2D eigenvalue weighted by molar-refractivity contribution is 5.76. The average Bonchev–Trinajstić information content (AvgIpc) is 2.30. The van der Waals surface area contributed by atoms with E-state index >= 15 is 0 Å². The molecule has 16 heavy (non-hydrogen) atoms. The highest BCUT2D eigenvalue weighted by atomic mass is 16.5. The Balaban J connectivity index is 1.99. The van der Waals surface area contributed by atoms with Crippen molar-refractivity contribution in [2.24, 2.45) is 0 Å². The van der Waals surface area contributed by atoms with Crippen LogP contribution < -0.4 is 10.6 Å². The summed E-state index contributed by atoms with van der Waals surface area (Å²) in [6.45, 7) is 2.92. The van der Waals surface area contributed by atoms with Crippen molar-refractivity contribution in [1.82, 2.24) is 10.6 Å². The lowest BCUT2D eigenvalue weighted by Gasteiger charge is -2.23. The summed E-state index contributed by atoms with van der Waals surface area (Å²) in [6, 6.07) is 0.166. The summed E-state index contributed by atoms with van der Waals surface area (Å²) in [7, 11) is 0. The second-order valence-electron chi connectivity index (χ2n) is 3.94. The molecule has 90 valence electrons. The van der Waals surface area contributed by atoms with Gasteiger partial charge in [0.05, 0.1) is 13.2 Å². The lowest BCUT2D eigenvalue weighted by Crippen LogP contribution is -2.44. The fourth-order valence-electron chi connectivity index (χ4n) is 1.63. The summed E-state index contributed by atoms with van der Waals surface area (Å²) in [4.78, 5) is 11.5. The second kappa shape index (κ2) is 8.14. The van der Waals surface area contributed by atoms with E-state index in [1.54, 1.807) is 0 Å². The monoisotopic (exact) mass is 224 g/mol. The predicted molar refractivity (Wildman–Crippen MR) is 62.9 cm³/mol. The van der Waals surface area contributed by atoms with Crippen LogP contribution in [0.2, 0.25) is 0 Å². The standard InChI is InChI=1S/C12H20N2O2/c1-2-3-4-5-6-14-12(15)9-11-10-16-8-7-13-11/h1,11,13H,3-10H2,(H,14,15). The van der Waals surface area contributed by atoms with Crippen LogP contribution in [-0.4, -0.2) is 38.3 Å². The molecule has 1 atom stereocenters. The molecule has 0 radical (unpaired) electrons. The molecule has 1 fully saturated rings. The molecule has 0 spiro atoms. The first-order valence-corrected chi connectivity index (χ1v) is 5.84. The minimum Gasteiger partial charge on any atom is -0.378 e. The molecule has 4 nitrogen and oxygen atoms in total. The van der Waals surface area contributed by atoms with Gasteiger partial charge in [0.25, 0.3) is 0 Å². The molecular weight excluding hydrogens is 204 g/mol. The van der Waals surface area contributed by atoms with Gasteiger partial charge in [-0.25, -0.2) is 0 Å². The molecule has 0 aromatic carbocycles. The van der Waals surface area contributed by atoms with E-state index in [-0.39, 0.29) is 11.9 Å². The molecule has 1 aliphatic heterocycles. The first-order valence-electron chi connectivity index (χ1n) is 5.84. The lowest BCUT2D eigenvalue weighted by molar-refractivity contribution is -0.122. The summed E-state index contributed by atoms with van der Waals surface area (Å²) in [6.07, 6.45) is 8.34. The third-order valence-electron chi connectivity index (χ3n) is 2.50. The smallest absolute Gasteiger partial charge is 0.221 e. The SMILES string of the molecule is C#CCCCCNC(=O)CC1COCCN1. The fraction of sp³-hybridized carbons (Fsp3) is 0.750. The van der Waals surface area contributed by atoms with Gasteiger partial charge in [0, 0.05) is 32.0 Å². The molecular formula is C12H20N2O2. The maximum Gasteiger partial charge on any atom is 0.221 e. The van der Waals surface area contributed by atoms with E-state index in [4.69, 9.17) is 11.2 Å². The van der Waals surface area contributed by atoms with Gasteiger partial charge in [-0.1, -0.05) is 0 Å². The minimum absolute atomic E-state index is 0.0868. The van der Waals surface area contributed by atoms with Crippen LogP contribution in [0, 0.1) is 12.3 Å². The largest absolute Gasteiger partial charge is 0.378 e. The van der Waals surface area contributed by atoms with E-state index in [9.17, 15) is 4.79 Å². The number of hydrogen-bond acceptors (Lipinski definition) is 3. The second-order valence-corrected chi connectivity index (χ2v) is 3.94. The Morgan fingerprint density at radius 3 is 3.12 bits per heavy atom. The van der Waals surface area contributed by atoms with Crippen LogP contribution >= 0.6 is 0 Å². The van der Waals surface area contributed by atoms with Crippen molar-refractivity contribution < 1.29 is 9.53 Å². The topological polar surface area (TPSA) is 50.4 Å². The maximum atomic E-state index is 11.5. The number of terminal acetylenes is 1. The van der Waals surface area contributed by atoms with Gasteiger partial charge in [-0.05, 0) is 12.8 Å². The van der Waals surface area contributed by atoms with Crippen LogP contribution in [0.25, 0.3) is 0 Å². The number of ether oxygens (including phenoxy) is 1. The molecule has 1 unspecified atom stereocenters. The molecule has 1 aliphatic rings. The number of hydrogen-bond donors (Lipinski definition) is 2. The van der Waals surface area contributed by atoms with E-state index in [1.165, 1.54) is 0 Å². The van der Waals surface area contributed by atoms with Crippen LogP contribution in [0.3, 0.4) is 0 Å². The molecule has 0 aliphatic carbocycles. The molecule has 1 amide bonds. The number of nitrogens with one attached hydrogen (secondary N) is 2. The highest BCUT2D eigenvalue weighted by Crippen LogP contribution is 1.98. The average molecular weight is 224 g/mol. The Bertz CT molecular complexity index is 242. The van der Waals surface area contributed by atoms with Gasteiger partial charge in [0.1, 0.15) is 0 Å². The van der Waals surface area contributed by atoms with Gasteiger partial charge in [-0.2, -0.15) is 0 Å². The minimum atomic E-state index is 0.0868. The fourth-order valence-corrected chi connectivity index (χ4v) is 1.63. The van der Waals surface area contributed by atoms with Crippen molar-refractivity contribution >= 4 is 5.91 Å². The number of unbranched alkanes of at least 4 members (excludes halogenated alkanes) is 2. The quantitative estimate of drug-likeness (QED) is 0.503. The summed E-state index contributed by atoms with van der Waals surface area (Å²) in [5.41, 5.74) is 0. The van der Waals surface area contributed by atoms with E-state index < -0.39 is 0 Å². The molecule has 0 aromatic rings. The first-order chi connectivity index (χ1) is 7.83. The van der Waals surface area contributed by atoms with E-state index in [0.717, 1.165) is 32.4 Å². The molecule has 0 aromatic heterocycles. The first kappa shape index (κ1) is 13.0. The normalized spacial score (nSPS) is 20.1. The Morgan fingerprint density at radius 1 is 1.56 bits per heavy atom. The zero-order chi connectivity index (χ0) is 11.6. The van der Waals surface area contributed by atoms with Crippen molar-refractivity contribution in [2.75, 3.05) is 26.3 Å². The third-order valence-corrected chi connectivity index (χ3v) is 2.50. The maximum absolute atomic E-state index is 11.5. The molecule has 1 rings (SSSR count). The number of carbonyl (C=O) groups excluding carboxylic acids is 1. The summed E-state index contributed by atoms with van der Waals surface area (Å²) in [5.74, 6) is 2.67. The molecule has 0 saturated carbocycles. The van der Waals surface area contributed by atoms with Gasteiger partial charge >= 0.3 is 0 Å². The van der Waals surface area contributed by atoms with E-state index in [1.807, 2.05) is 0 Å². The number of rotatable bonds is 6. The molecule has 1 saturated heterocycles. The Labute approximate surface area is 97.1 Å². The Hall–Kier alpha value is -1.05. The number of morpholine rings is 1. The molecule has 2 N–H and O–H groups in total. The van der Waals surface area contributed by atoms with Gasteiger partial charge in [-0.3, -0.25) is 4.79 Å². The third kappa shape index (κ3) is 5.74. The van der Waals surface area contributed by atoms with Gasteiger partial charge in [0.15, 0.2) is 0 Å². The van der Waals surface area contributed by atoms with Gasteiger partial charge in [-0.15, -0.1) is 12.3 Å². The van der Waals surface area contributed by atoms with Crippen molar-refractivity contribution in [1.29, 1.82) is 0 Å². The molecule has 1 heterocycles. The van der Waals surface area contributed by atoms with Crippen LogP contribution in [0.1, 0.15) is 25.7 Å². The zero-order valence-corrected chi connectivity index (χ0v) is 9.63.